The molecule has 146 valence electrons. The monoisotopic (exact) mass is 431 g/mol. The maximum atomic E-state index is 6.39. The molecule has 6 heteroatoms. The van der Waals surface area contributed by atoms with Crippen molar-refractivity contribution in [2.45, 2.75) is 40.7 Å². The van der Waals surface area contributed by atoms with Crippen molar-refractivity contribution in [2.24, 2.45) is 10.1 Å². The van der Waals surface area contributed by atoms with E-state index in [1.165, 1.54) is 11.1 Å². The highest BCUT2D eigenvalue weighted by atomic mass is 35.5. The number of aryl methyl sites for hydroxylation is 2. The lowest BCUT2D eigenvalue weighted by atomic mass is 10.1. The number of hydrogen-bond donors (Lipinski definition) is 0. The third-order valence-electron chi connectivity index (χ3n) is 4.43. The molecule has 0 bridgehead atoms. The maximum absolute atomic E-state index is 6.39. The van der Waals surface area contributed by atoms with Crippen LogP contribution in [-0.4, -0.2) is 16.4 Å². The van der Waals surface area contributed by atoms with Crippen LogP contribution in [0.25, 0.3) is 11.3 Å². The largest absolute Gasteiger partial charge is 0.255 e. The lowest BCUT2D eigenvalue weighted by Crippen LogP contribution is -2.16. The van der Waals surface area contributed by atoms with Gasteiger partial charge in [0.1, 0.15) is 0 Å². The molecule has 0 aliphatic carbocycles. The zero-order valence-electron chi connectivity index (χ0n) is 16.6. The second kappa shape index (κ2) is 8.64. The highest BCUT2D eigenvalue weighted by Gasteiger charge is 2.11. The molecule has 3 aromatic rings. The molecule has 0 fully saturated rings. The molecule has 1 heterocycles. The van der Waals surface area contributed by atoms with E-state index in [0.717, 1.165) is 27.3 Å². The number of benzene rings is 2. The quantitative estimate of drug-likeness (QED) is 0.410. The third-order valence-corrected chi connectivity index (χ3v) is 5.81. The van der Waals surface area contributed by atoms with Crippen LogP contribution in [0.15, 0.2) is 51.9 Å². The standard InChI is InChI=1S/C22H23Cl2N3S/c1-13(2)25-22-27(26-16(5)19-9-8-18(23)11-20(19)24)21(12-28-22)17-7-6-14(3)15(4)10-17/h6-13H,1-5H3. The molecule has 3 rings (SSSR count). The molecule has 0 spiro atoms. The second-order valence-corrected chi connectivity index (χ2v) is 8.73. The minimum Gasteiger partial charge on any atom is -0.255 e. The fourth-order valence-electron chi connectivity index (χ4n) is 2.79. The van der Waals surface area contributed by atoms with Gasteiger partial charge >= 0.3 is 0 Å². The van der Waals surface area contributed by atoms with Crippen LogP contribution >= 0.6 is 34.5 Å². The Hall–Kier alpha value is -1.88. The van der Waals surface area contributed by atoms with Gasteiger partial charge in [-0.2, -0.15) is 5.10 Å². The van der Waals surface area contributed by atoms with Crippen LogP contribution in [0.4, 0.5) is 0 Å². The number of halogens is 2. The van der Waals surface area contributed by atoms with Gasteiger partial charge in [0.2, 0.25) is 4.80 Å². The first-order valence-corrected chi connectivity index (χ1v) is 10.7. The van der Waals surface area contributed by atoms with Crippen LogP contribution in [0.2, 0.25) is 10.0 Å². The molecule has 3 nitrogen and oxygen atoms in total. The van der Waals surface area contributed by atoms with E-state index < -0.39 is 0 Å². The van der Waals surface area contributed by atoms with Gasteiger partial charge in [-0.15, -0.1) is 11.3 Å². The van der Waals surface area contributed by atoms with Crippen molar-refractivity contribution in [1.82, 2.24) is 4.68 Å². The van der Waals surface area contributed by atoms with E-state index in [9.17, 15) is 0 Å². The average Bonchev–Trinajstić information content (AvgIpc) is 2.99. The summed E-state index contributed by atoms with van der Waals surface area (Å²) in [5, 5.41) is 8.18. The summed E-state index contributed by atoms with van der Waals surface area (Å²) < 4.78 is 1.91. The molecule has 0 saturated carbocycles. The molecule has 0 saturated heterocycles. The summed E-state index contributed by atoms with van der Waals surface area (Å²) in [4.78, 5) is 5.60. The van der Waals surface area contributed by atoms with Gasteiger partial charge in [0, 0.05) is 27.6 Å². The Morgan fingerprint density at radius 3 is 2.43 bits per heavy atom. The van der Waals surface area contributed by atoms with E-state index in [4.69, 9.17) is 33.3 Å². The van der Waals surface area contributed by atoms with Gasteiger partial charge in [0.15, 0.2) is 0 Å². The number of thiazole rings is 1. The predicted molar refractivity (Wildman–Crippen MR) is 122 cm³/mol. The van der Waals surface area contributed by atoms with Crippen molar-refractivity contribution in [3.8, 4) is 11.3 Å². The number of aromatic nitrogens is 1. The lowest BCUT2D eigenvalue weighted by molar-refractivity contribution is 0.753. The molecule has 0 amide bonds. The predicted octanol–water partition coefficient (Wildman–Crippen LogP) is 6.72. The van der Waals surface area contributed by atoms with Gasteiger partial charge in [0.25, 0.3) is 0 Å². The SMILES string of the molecule is CC(=Nn1c(-c2ccc(C)c(C)c2)csc1=NC(C)C)c1ccc(Cl)cc1Cl. The Balaban J connectivity index is 2.20. The maximum Gasteiger partial charge on any atom is 0.206 e. The molecule has 0 aliphatic heterocycles. The molecule has 0 aliphatic rings. The van der Waals surface area contributed by atoms with E-state index in [1.807, 2.05) is 23.7 Å². The number of rotatable bonds is 4. The van der Waals surface area contributed by atoms with E-state index >= 15 is 0 Å². The summed E-state index contributed by atoms with van der Waals surface area (Å²) in [6, 6.07) is 12.1. The van der Waals surface area contributed by atoms with Crippen LogP contribution in [-0.2, 0) is 0 Å². The highest BCUT2D eigenvalue weighted by molar-refractivity contribution is 7.07. The van der Waals surface area contributed by atoms with E-state index in [-0.39, 0.29) is 6.04 Å². The van der Waals surface area contributed by atoms with Crippen LogP contribution in [0.3, 0.4) is 0 Å². The minimum absolute atomic E-state index is 0.173. The first-order chi connectivity index (χ1) is 13.3. The number of nitrogens with zero attached hydrogens (tertiary/aromatic N) is 3. The van der Waals surface area contributed by atoms with Gasteiger partial charge in [0.05, 0.1) is 16.4 Å². The van der Waals surface area contributed by atoms with Crippen LogP contribution in [0.1, 0.15) is 37.5 Å². The lowest BCUT2D eigenvalue weighted by Gasteiger charge is -2.09. The van der Waals surface area contributed by atoms with Gasteiger partial charge in [-0.05, 0) is 63.9 Å². The highest BCUT2D eigenvalue weighted by Crippen LogP contribution is 2.25. The summed E-state index contributed by atoms with van der Waals surface area (Å²) in [7, 11) is 0. The van der Waals surface area contributed by atoms with Gasteiger partial charge in [-0.3, -0.25) is 4.99 Å². The van der Waals surface area contributed by atoms with Crippen molar-refractivity contribution in [1.29, 1.82) is 0 Å². The summed E-state index contributed by atoms with van der Waals surface area (Å²) >= 11 is 14.0. The Bertz CT molecular complexity index is 1110. The summed E-state index contributed by atoms with van der Waals surface area (Å²) in [5.74, 6) is 0. The zero-order chi connectivity index (χ0) is 20.4. The zero-order valence-corrected chi connectivity index (χ0v) is 19.0. The van der Waals surface area contributed by atoms with Crippen LogP contribution in [0.5, 0.6) is 0 Å². The molecule has 0 radical (unpaired) electrons. The van der Waals surface area contributed by atoms with Gasteiger partial charge in [-0.25, -0.2) is 4.68 Å². The Morgan fingerprint density at radius 2 is 1.79 bits per heavy atom. The third kappa shape index (κ3) is 4.57. The molecule has 0 unspecified atom stereocenters. The summed E-state index contributed by atoms with van der Waals surface area (Å²) in [5.41, 5.74) is 6.30. The normalized spacial score (nSPS) is 12.9. The fraction of sp³-hybridized carbons (Fsp3) is 0.273. The fourth-order valence-corrected chi connectivity index (χ4v) is 4.30. The van der Waals surface area contributed by atoms with Crippen molar-refractivity contribution < 1.29 is 0 Å². The molecule has 0 atom stereocenters. The van der Waals surface area contributed by atoms with E-state index in [2.05, 4.69) is 51.3 Å². The molecule has 28 heavy (non-hydrogen) atoms. The summed E-state index contributed by atoms with van der Waals surface area (Å²) in [6.07, 6.45) is 0. The van der Waals surface area contributed by atoms with Crippen LogP contribution in [0, 0.1) is 13.8 Å². The minimum atomic E-state index is 0.173. The second-order valence-electron chi connectivity index (χ2n) is 7.05. The van der Waals surface area contributed by atoms with Crippen molar-refractivity contribution in [3.63, 3.8) is 0 Å². The van der Waals surface area contributed by atoms with Crippen LogP contribution < -0.4 is 4.80 Å². The molecular weight excluding hydrogens is 409 g/mol. The Labute approximate surface area is 180 Å². The molecule has 1 aromatic heterocycles. The van der Waals surface area contributed by atoms with Crippen molar-refractivity contribution >= 4 is 40.3 Å². The number of hydrogen-bond acceptors (Lipinski definition) is 3. The van der Waals surface area contributed by atoms with Crippen molar-refractivity contribution in [2.75, 3.05) is 0 Å². The molecule has 2 aromatic carbocycles. The molecule has 0 N–H and O–H groups in total. The van der Waals surface area contributed by atoms with E-state index in [0.29, 0.717) is 10.0 Å². The Kier molecular flexibility index (Phi) is 6.43. The smallest absolute Gasteiger partial charge is 0.206 e. The first-order valence-electron chi connectivity index (χ1n) is 9.09. The first kappa shape index (κ1) is 20.8. The van der Waals surface area contributed by atoms with E-state index in [1.54, 1.807) is 17.4 Å². The van der Waals surface area contributed by atoms with Gasteiger partial charge in [-0.1, -0.05) is 41.4 Å². The average molecular weight is 432 g/mol. The van der Waals surface area contributed by atoms with Crippen molar-refractivity contribution in [3.05, 3.63) is 73.3 Å². The topological polar surface area (TPSA) is 29.6 Å². The molecular formula is C22H23Cl2N3S. The van der Waals surface area contributed by atoms with Gasteiger partial charge < -0.3 is 0 Å². The Morgan fingerprint density at radius 1 is 1.04 bits per heavy atom. The summed E-state index contributed by atoms with van der Waals surface area (Å²) in [6.45, 7) is 10.3.